The van der Waals surface area contributed by atoms with Crippen LogP contribution in [-0.4, -0.2) is 35.6 Å². The zero-order valence-corrected chi connectivity index (χ0v) is 12.8. The molecule has 1 N–H and O–H groups in total. The van der Waals surface area contributed by atoms with Crippen molar-refractivity contribution in [2.75, 3.05) is 26.0 Å². The average molecular weight is 286 g/mol. The number of nitrogens with one attached hydrogen (secondary N) is 1. The van der Waals surface area contributed by atoms with Crippen LogP contribution < -0.4 is 10.1 Å². The molecular formula is C16H22N4O. The third kappa shape index (κ3) is 4.72. The Bertz CT molecular complexity index is 556. The SMILES string of the molecule is CCNc1cnc(CN(C)Cc2cccc(OC)c2)cn1. The fourth-order valence-electron chi connectivity index (χ4n) is 2.12. The molecule has 0 unspecified atom stereocenters. The number of nitrogens with zero attached hydrogens (tertiary/aromatic N) is 3. The maximum Gasteiger partial charge on any atom is 0.144 e. The Morgan fingerprint density at radius 2 is 2.05 bits per heavy atom. The van der Waals surface area contributed by atoms with Crippen molar-refractivity contribution in [3.05, 3.63) is 47.9 Å². The molecule has 0 radical (unpaired) electrons. The number of methoxy groups -OCH3 is 1. The van der Waals surface area contributed by atoms with Crippen molar-refractivity contribution < 1.29 is 4.74 Å². The molecule has 112 valence electrons. The molecule has 0 saturated heterocycles. The zero-order chi connectivity index (χ0) is 15.1. The van der Waals surface area contributed by atoms with Crippen molar-refractivity contribution in [2.45, 2.75) is 20.0 Å². The maximum absolute atomic E-state index is 5.24. The van der Waals surface area contributed by atoms with Gasteiger partial charge in [-0.2, -0.15) is 0 Å². The van der Waals surface area contributed by atoms with Crippen LogP contribution in [0.2, 0.25) is 0 Å². The lowest BCUT2D eigenvalue weighted by atomic mass is 10.2. The average Bonchev–Trinajstić information content (AvgIpc) is 2.49. The van der Waals surface area contributed by atoms with Gasteiger partial charge < -0.3 is 10.1 Å². The van der Waals surface area contributed by atoms with E-state index in [1.54, 1.807) is 13.3 Å². The Hall–Kier alpha value is -2.14. The monoisotopic (exact) mass is 286 g/mol. The van der Waals surface area contributed by atoms with E-state index in [0.717, 1.165) is 36.9 Å². The number of anilines is 1. The van der Waals surface area contributed by atoms with Gasteiger partial charge in [0.25, 0.3) is 0 Å². The van der Waals surface area contributed by atoms with Gasteiger partial charge in [-0.1, -0.05) is 12.1 Å². The second-order valence-corrected chi connectivity index (χ2v) is 4.95. The predicted molar refractivity (Wildman–Crippen MR) is 84.4 cm³/mol. The van der Waals surface area contributed by atoms with Gasteiger partial charge >= 0.3 is 0 Å². The first kappa shape index (κ1) is 15.3. The van der Waals surface area contributed by atoms with Crippen LogP contribution in [0.4, 0.5) is 5.82 Å². The van der Waals surface area contributed by atoms with Crippen LogP contribution in [0.15, 0.2) is 36.7 Å². The van der Waals surface area contributed by atoms with Crippen LogP contribution in [0.3, 0.4) is 0 Å². The summed E-state index contributed by atoms with van der Waals surface area (Å²) in [6.07, 6.45) is 3.60. The molecule has 0 fully saturated rings. The van der Waals surface area contributed by atoms with E-state index in [9.17, 15) is 0 Å². The molecule has 0 spiro atoms. The van der Waals surface area contributed by atoms with Gasteiger partial charge in [-0.15, -0.1) is 0 Å². The van der Waals surface area contributed by atoms with E-state index in [1.807, 2.05) is 25.3 Å². The minimum atomic E-state index is 0.761. The fraction of sp³-hybridized carbons (Fsp3) is 0.375. The molecule has 0 amide bonds. The molecule has 2 aromatic rings. The van der Waals surface area contributed by atoms with Gasteiger partial charge in [0.1, 0.15) is 11.6 Å². The molecular weight excluding hydrogens is 264 g/mol. The highest BCUT2D eigenvalue weighted by molar-refractivity contribution is 5.30. The summed E-state index contributed by atoms with van der Waals surface area (Å²) in [5, 5.41) is 3.14. The molecule has 5 nitrogen and oxygen atoms in total. The van der Waals surface area contributed by atoms with Gasteiger partial charge in [0.05, 0.1) is 25.2 Å². The van der Waals surface area contributed by atoms with E-state index in [1.165, 1.54) is 5.56 Å². The van der Waals surface area contributed by atoms with E-state index >= 15 is 0 Å². The number of rotatable bonds is 7. The third-order valence-electron chi connectivity index (χ3n) is 3.08. The van der Waals surface area contributed by atoms with E-state index in [4.69, 9.17) is 4.74 Å². The van der Waals surface area contributed by atoms with Crippen LogP contribution in [0.1, 0.15) is 18.2 Å². The van der Waals surface area contributed by atoms with Gasteiger partial charge in [-0.05, 0) is 31.7 Å². The van der Waals surface area contributed by atoms with Crippen molar-refractivity contribution >= 4 is 5.82 Å². The minimum absolute atomic E-state index is 0.761. The molecule has 5 heteroatoms. The summed E-state index contributed by atoms with van der Waals surface area (Å²) in [5.74, 6) is 1.70. The van der Waals surface area contributed by atoms with Gasteiger partial charge in [-0.3, -0.25) is 9.88 Å². The zero-order valence-electron chi connectivity index (χ0n) is 12.8. The third-order valence-corrected chi connectivity index (χ3v) is 3.08. The Labute approximate surface area is 126 Å². The summed E-state index contributed by atoms with van der Waals surface area (Å²) in [6.45, 7) is 4.49. The Balaban J connectivity index is 1.92. The quantitative estimate of drug-likeness (QED) is 0.847. The summed E-state index contributed by atoms with van der Waals surface area (Å²) in [4.78, 5) is 11.0. The second kappa shape index (κ2) is 7.59. The molecule has 0 aliphatic carbocycles. The second-order valence-electron chi connectivity index (χ2n) is 4.95. The highest BCUT2D eigenvalue weighted by Gasteiger charge is 2.04. The molecule has 0 aliphatic heterocycles. The number of hydrogen-bond acceptors (Lipinski definition) is 5. The topological polar surface area (TPSA) is 50.3 Å². The normalized spacial score (nSPS) is 10.7. The summed E-state index contributed by atoms with van der Waals surface area (Å²) < 4.78 is 5.24. The summed E-state index contributed by atoms with van der Waals surface area (Å²) in [5.41, 5.74) is 2.18. The van der Waals surface area contributed by atoms with Crippen LogP contribution in [0, 0.1) is 0 Å². The standard InChI is InChI=1S/C16H22N4O/c1-4-17-16-10-18-14(9-19-16)12-20(2)11-13-6-5-7-15(8-13)21-3/h5-10H,4,11-12H2,1-3H3,(H,17,19). The Morgan fingerprint density at radius 3 is 2.71 bits per heavy atom. The predicted octanol–water partition coefficient (Wildman–Crippen LogP) is 2.55. The lowest BCUT2D eigenvalue weighted by Gasteiger charge is -2.16. The first-order valence-electron chi connectivity index (χ1n) is 7.07. The van der Waals surface area contributed by atoms with Crippen molar-refractivity contribution in [1.29, 1.82) is 0 Å². The first-order chi connectivity index (χ1) is 10.2. The van der Waals surface area contributed by atoms with Crippen LogP contribution in [0.5, 0.6) is 5.75 Å². The minimum Gasteiger partial charge on any atom is -0.497 e. The van der Waals surface area contributed by atoms with E-state index in [-0.39, 0.29) is 0 Å². The van der Waals surface area contributed by atoms with Gasteiger partial charge in [-0.25, -0.2) is 4.98 Å². The largest absolute Gasteiger partial charge is 0.497 e. The number of benzene rings is 1. The van der Waals surface area contributed by atoms with E-state index in [2.05, 4.69) is 39.4 Å². The molecule has 1 heterocycles. The highest BCUT2D eigenvalue weighted by atomic mass is 16.5. The molecule has 2 rings (SSSR count). The Morgan fingerprint density at radius 1 is 1.19 bits per heavy atom. The van der Waals surface area contributed by atoms with Gasteiger partial charge in [0, 0.05) is 19.6 Å². The van der Waals surface area contributed by atoms with Crippen molar-refractivity contribution in [1.82, 2.24) is 14.9 Å². The fourth-order valence-corrected chi connectivity index (χ4v) is 2.12. The number of hydrogen-bond donors (Lipinski definition) is 1. The molecule has 0 bridgehead atoms. The molecule has 1 aromatic carbocycles. The van der Waals surface area contributed by atoms with Crippen LogP contribution >= 0.6 is 0 Å². The summed E-state index contributed by atoms with van der Waals surface area (Å²) >= 11 is 0. The van der Waals surface area contributed by atoms with Crippen molar-refractivity contribution in [2.24, 2.45) is 0 Å². The van der Waals surface area contributed by atoms with E-state index in [0.29, 0.717) is 0 Å². The molecule has 1 aromatic heterocycles. The number of aromatic nitrogens is 2. The van der Waals surface area contributed by atoms with Gasteiger partial charge in [0.2, 0.25) is 0 Å². The molecule has 0 aliphatic rings. The summed E-state index contributed by atoms with van der Waals surface area (Å²) in [6, 6.07) is 8.11. The van der Waals surface area contributed by atoms with Crippen LogP contribution in [-0.2, 0) is 13.1 Å². The lowest BCUT2D eigenvalue weighted by molar-refractivity contribution is 0.314. The maximum atomic E-state index is 5.24. The highest BCUT2D eigenvalue weighted by Crippen LogP contribution is 2.14. The summed E-state index contributed by atoms with van der Waals surface area (Å²) in [7, 11) is 3.75. The van der Waals surface area contributed by atoms with E-state index < -0.39 is 0 Å². The van der Waals surface area contributed by atoms with Crippen LogP contribution in [0.25, 0.3) is 0 Å². The molecule has 0 saturated carbocycles. The lowest BCUT2D eigenvalue weighted by Crippen LogP contribution is -2.18. The molecule has 0 atom stereocenters. The number of ether oxygens (including phenoxy) is 1. The van der Waals surface area contributed by atoms with Crippen molar-refractivity contribution in [3.63, 3.8) is 0 Å². The Kier molecular flexibility index (Phi) is 5.51. The smallest absolute Gasteiger partial charge is 0.144 e. The van der Waals surface area contributed by atoms with Crippen molar-refractivity contribution in [3.8, 4) is 5.75 Å². The molecule has 21 heavy (non-hydrogen) atoms. The van der Waals surface area contributed by atoms with Gasteiger partial charge in [0.15, 0.2) is 0 Å². The first-order valence-corrected chi connectivity index (χ1v) is 7.07.